The first-order chi connectivity index (χ1) is 12.2. The van der Waals surface area contributed by atoms with Crippen molar-refractivity contribution in [1.29, 1.82) is 0 Å². The summed E-state index contributed by atoms with van der Waals surface area (Å²) in [6.07, 6.45) is 2.81. The van der Waals surface area contributed by atoms with Gasteiger partial charge in [0.2, 0.25) is 15.9 Å². The molecule has 1 aliphatic rings. The van der Waals surface area contributed by atoms with Gasteiger partial charge >= 0.3 is 0 Å². The van der Waals surface area contributed by atoms with Gasteiger partial charge in [0.1, 0.15) is 0 Å². The number of hydrogen-bond donors (Lipinski definition) is 2. The van der Waals surface area contributed by atoms with Crippen LogP contribution in [-0.4, -0.2) is 30.4 Å². The van der Waals surface area contributed by atoms with Crippen LogP contribution in [0.5, 0.6) is 0 Å². The summed E-state index contributed by atoms with van der Waals surface area (Å²) < 4.78 is 26.3. The molecule has 2 N–H and O–H groups in total. The maximum absolute atomic E-state index is 12.6. The van der Waals surface area contributed by atoms with Crippen LogP contribution < -0.4 is 15.6 Å². The van der Waals surface area contributed by atoms with Crippen molar-refractivity contribution < 1.29 is 13.2 Å². The Labute approximate surface area is 151 Å². The highest BCUT2D eigenvalue weighted by molar-refractivity contribution is 7.92. The lowest BCUT2D eigenvalue weighted by molar-refractivity contribution is -0.120. The summed E-state index contributed by atoms with van der Waals surface area (Å²) in [5.41, 5.74) is 2.37. The predicted octanol–water partition coefficient (Wildman–Crippen LogP) is 0.895. The number of aromatic nitrogens is 2. The van der Waals surface area contributed by atoms with Crippen molar-refractivity contribution in [3.8, 4) is 0 Å². The Hall–Kier alpha value is -2.68. The molecule has 1 aromatic heterocycles. The number of aryl methyl sites for hydroxylation is 2. The predicted molar refractivity (Wildman–Crippen MR) is 98.5 cm³/mol. The van der Waals surface area contributed by atoms with Crippen LogP contribution in [0.1, 0.15) is 17.7 Å². The number of anilines is 2. The van der Waals surface area contributed by atoms with E-state index in [2.05, 4.69) is 15.1 Å². The molecule has 8 nitrogen and oxygen atoms in total. The minimum atomic E-state index is -3.39. The van der Waals surface area contributed by atoms with E-state index in [1.165, 1.54) is 4.68 Å². The van der Waals surface area contributed by atoms with Crippen LogP contribution in [0.25, 0.3) is 0 Å². The third-order valence-electron chi connectivity index (χ3n) is 4.26. The fraction of sp³-hybridized carbons (Fsp3) is 0.353. The molecule has 0 spiro atoms. The number of benzene rings is 1. The van der Waals surface area contributed by atoms with E-state index < -0.39 is 10.0 Å². The van der Waals surface area contributed by atoms with Crippen molar-refractivity contribution >= 4 is 27.3 Å². The van der Waals surface area contributed by atoms with E-state index in [1.54, 1.807) is 37.4 Å². The van der Waals surface area contributed by atoms with Crippen molar-refractivity contribution in [3.05, 3.63) is 51.9 Å². The molecular formula is C17H20N4O4S. The van der Waals surface area contributed by atoms with Gasteiger partial charge in [0.25, 0.3) is 5.56 Å². The number of rotatable bonds is 4. The number of fused-ring (bicyclic) bond motifs is 1. The molecule has 1 atom stereocenters. The van der Waals surface area contributed by atoms with Crippen molar-refractivity contribution in [2.45, 2.75) is 19.3 Å². The number of nitrogens with one attached hydrogen (secondary N) is 2. The van der Waals surface area contributed by atoms with Gasteiger partial charge in [-0.1, -0.05) is 6.07 Å². The van der Waals surface area contributed by atoms with Crippen LogP contribution in [0.2, 0.25) is 0 Å². The maximum Gasteiger partial charge on any atom is 0.266 e. The maximum atomic E-state index is 12.6. The molecule has 1 aliphatic carbocycles. The van der Waals surface area contributed by atoms with Crippen molar-refractivity contribution in [1.82, 2.24) is 9.78 Å². The Morgan fingerprint density at radius 1 is 1.27 bits per heavy atom. The molecule has 1 heterocycles. The highest BCUT2D eigenvalue weighted by Crippen LogP contribution is 2.25. The quantitative estimate of drug-likeness (QED) is 0.824. The first kappa shape index (κ1) is 18.1. The zero-order valence-corrected chi connectivity index (χ0v) is 15.3. The summed E-state index contributed by atoms with van der Waals surface area (Å²) in [7, 11) is -1.78. The van der Waals surface area contributed by atoms with Gasteiger partial charge in [-0.3, -0.25) is 14.3 Å². The van der Waals surface area contributed by atoms with E-state index in [1.807, 2.05) is 0 Å². The molecule has 1 unspecified atom stereocenters. The Balaban J connectivity index is 1.72. The third-order valence-corrected chi connectivity index (χ3v) is 4.86. The number of carbonyl (C=O) groups excluding carboxylic acids is 1. The van der Waals surface area contributed by atoms with Gasteiger partial charge in [-0.2, -0.15) is 5.10 Å². The Kier molecular flexibility index (Phi) is 4.82. The van der Waals surface area contributed by atoms with Gasteiger partial charge in [-0.25, -0.2) is 13.1 Å². The van der Waals surface area contributed by atoms with Crippen molar-refractivity contribution in [3.63, 3.8) is 0 Å². The van der Waals surface area contributed by atoms with Gasteiger partial charge < -0.3 is 5.32 Å². The van der Waals surface area contributed by atoms with Crippen LogP contribution in [0.3, 0.4) is 0 Å². The van der Waals surface area contributed by atoms with Gasteiger partial charge in [-0.05, 0) is 43.0 Å². The highest BCUT2D eigenvalue weighted by Gasteiger charge is 2.26. The molecule has 138 valence electrons. The SMILES string of the molecule is Cn1nc2c(cc1=O)CC(C(=O)Nc1cccc(NS(C)(=O)=O)c1)CC2. The van der Waals surface area contributed by atoms with Gasteiger partial charge in [0, 0.05) is 24.7 Å². The molecule has 0 fully saturated rings. The van der Waals surface area contributed by atoms with E-state index in [9.17, 15) is 18.0 Å². The Morgan fingerprint density at radius 3 is 2.73 bits per heavy atom. The van der Waals surface area contributed by atoms with Crippen LogP contribution in [0.4, 0.5) is 11.4 Å². The minimum Gasteiger partial charge on any atom is -0.326 e. The lowest BCUT2D eigenvalue weighted by Crippen LogP contribution is -2.31. The fourth-order valence-corrected chi connectivity index (χ4v) is 3.58. The molecule has 1 amide bonds. The second-order valence-corrected chi connectivity index (χ2v) is 8.21. The van der Waals surface area contributed by atoms with E-state index in [-0.39, 0.29) is 17.4 Å². The average Bonchev–Trinajstić information content (AvgIpc) is 2.54. The number of carbonyl (C=O) groups is 1. The van der Waals surface area contributed by atoms with Crippen LogP contribution >= 0.6 is 0 Å². The normalized spacial score (nSPS) is 16.6. The lowest BCUT2D eigenvalue weighted by Gasteiger charge is -2.23. The minimum absolute atomic E-state index is 0.159. The summed E-state index contributed by atoms with van der Waals surface area (Å²) in [6.45, 7) is 0. The standard InChI is InChI=1S/C17H20N4O4S/c1-21-16(22)9-12-8-11(6-7-15(12)19-21)17(23)18-13-4-3-5-14(10-13)20-26(2,24)25/h3-5,9-11,20H,6-8H2,1-2H3,(H,18,23). The fourth-order valence-electron chi connectivity index (χ4n) is 3.03. The average molecular weight is 376 g/mol. The molecule has 0 bridgehead atoms. The molecule has 9 heteroatoms. The Morgan fingerprint density at radius 2 is 2.00 bits per heavy atom. The largest absolute Gasteiger partial charge is 0.326 e. The summed E-state index contributed by atoms with van der Waals surface area (Å²) in [4.78, 5) is 24.3. The van der Waals surface area contributed by atoms with E-state index in [0.717, 1.165) is 17.5 Å². The molecule has 3 rings (SSSR count). The summed E-state index contributed by atoms with van der Waals surface area (Å²) in [6, 6.07) is 8.06. The number of hydrogen-bond acceptors (Lipinski definition) is 5. The summed E-state index contributed by atoms with van der Waals surface area (Å²) in [5.74, 6) is -0.421. The number of sulfonamides is 1. The summed E-state index contributed by atoms with van der Waals surface area (Å²) in [5, 5.41) is 7.06. The van der Waals surface area contributed by atoms with Crippen LogP contribution in [0.15, 0.2) is 35.1 Å². The number of nitrogens with zero attached hydrogens (tertiary/aromatic N) is 2. The van der Waals surface area contributed by atoms with E-state index in [4.69, 9.17) is 0 Å². The monoisotopic (exact) mass is 376 g/mol. The van der Waals surface area contributed by atoms with E-state index in [0.29, 0.717) is 30.6 Å². The van der Waals surface area contributed by atoms with Crippen LogP contribution in [-0.2, 0) is 34.7 Å². The molecule has 0 saturated heterocycles. The Bertz CT molecular complexity index is 1010. The molecule has 0 saturated carbocycles. The zero-order valence-electron chi connectivity index (χ0n) is 14.5. The molecule has 0 radical (unpaired) electrons. The zero-order chi connectivity index (χ0) is 18.9. The second kappa shape index (κ2) is 6.91. The molecule has 0 aliphatic heterocycles. The molecule has 26 heavy (non-hydrogen) atoms. The number of amides is 1. The molecular weight excluding hydrogens is 356 g/mol. The topological polar surface area (TPSA) is 110 Å². The van der Waals surface area contributed by atoms with Gasteiger partial charge in [-0.15, -0.1) is 0 Å². The van der Waals surface area contributed by atoms with Gasteiger partial charge in [0.15, 0.2) is 0 Å². The molecule has 1 aromatic carbocycles. The lowest BCUT2D eigenvalue weighted by atomic mass is 9.86. The summed E-state index contributed by atoms with van der Waals surface area (Å²) >= 11 is 0. The van der Waals surface area contributed by atoms with Crippen molar-refractivity contribution in [2.75, 3.05) is 16.3 Å². The second-order valence-electron chi connectivity index (χ2n) is 6.46. The van der Waals surface area contributed by atoms with Crippen LogP contribution in [0, 0.1) is 5.92 Å². The van der Waals surface area contributed by atoms with Gasteiger partial charge in [0.05, 0.1) is 17.6 Å². The van der Waals surface area contributed by atoms with E-state index >= 15 is 0 Å². The van der Waals surface area contributed by atoms with Crippen molar-refractivity contribution in [2.24, 2.45) is 13.0 Å². The third kappa shape index (κ3) is 4.29. The smallest absolute Gasteiger partial charge is 0.266 e. The first-order valence-corrected chi connectivity index (χ1v) is 10.1. The molecule has 2 aromatic rings. The highest BCUT2D eigenvalue weighted by atomic mass is 32.2. The first-order valence-electron chi connectivity index (χ1n) is 8.16.